The molecule has 0 bridgehead atoms. The number of carbonyl (C=O) groups is 1. The highest BCUT2D eigenvalue weighted by molar-refractivity contribution is 5.97. The minimum absolute atomic E-state index is 0.0483. The first-order valence-electron chi connectivity index (χ1n) is 7.50. The number of carbonyl (C=O) groups excluding carboxylic acids is 1. The predicted octanol–water partition coefficient (Wildman–Crippen LogP) is 3.28. The van der Waals surface area contributed by atoms with Gasteiger partial charge in [0.25, 0.3) is 0 Å². The summed E-state index contributed by atoms with van der Waals surface area (Å²) in [5.41, 5.74) is 0.722. The van der Waals surface area contributed by atoms with E-state index in [-0.39, 0.29) is 11.9 Å². The van der Waals surface area contributed by atoms with Crippen LogP contribution in [0.15, 0.2) is 23.5 Å². The van der Waals surface area contributed by atoms with Gasteiger partial charge in [-0.05, 0) is 25.3 Å². The molecule has 3 heteroatoms. The molecule has 0 unspecified atom stereocenters. The van der Waals surface area contributed by atoms with Gasteiger partial charge in [-0.3, -0.25) is 4.79 Å². The summed E-state index contributed by atoms with van der Waals surface area (Å²) >= 11 is 0. The maximum absolute atomic E-state index is 11.7. The minimum Gasteiger partial charge on any atom is -0.487 e. The molecule has 0 saturated heterocycles. The van der Waals surface area contributed by atoms with Crippen LogP contribution in [0.25, 0.3) is 0 Å². The van der Waals surface area contributed by atoms with Gasteiger partial charge in [-0.1, -0.05) is 32.3 Å². The van der Waals surface area contributed by atoms with Gasteiger partial charge in [0.05, 0.1) is 0 Å². The molecule has 0 aromatic carbocycles. The molecule has 0 aromatic rings. The van der Waals surface area contributed by atoms with Gasteiger partial charge >= 0.3 is 0 Å². The molecule has 0 saturated carbocycles. The number of aliphatic hydroxyl groups is 1. The molecule has 1 N–H and O–H groups in total. The van der Waals surface area contributed by atoms with E-state index in [4.69, 9.17) is 4.74 Å². The molecule has 106 valence electrons. The van der Waals surface area contributed by atoms with Gasteiger partial charge in [0.2, 0.25) is 0 Å². The molecule has 2 rings (SSSR count). The van der Waals surface area contributed by atoms with E-state index in [9.17, 15) is 9.90 Å². The number of allylic oxidation sites excluding steroid dienone is 1. The Balaban J connectivity index is 1.77. The zero-order chi connectivity index (χ0) is 13.7. The lowest BCUT2D eigenvalue weighted by Crippen LogP contribution is -2.21. The molecule has 0 amide bonds. The number of aliphatic hydroxyl groups excluding tert-OH is 1. The molecule has 0 spiro atoms. The third kappa shape index (κ3) is 3.69. The molecular weight excluding hydrogens is 240 g/mol. The smallest absolute Gasteiger partial charge is 0.162 e. The van der Waals surface area contributed by atoms with Crippen LogP contribution in [-0.2, 0) is 9.53 Å². The molecule has 2 aliphatic rings. The molecular formula is C16H24O3. The summed E-state index contributed by atoms with van der Waals surface area (Å²) < 4.78 is 5.70. The molecule has 3 nitrogen and oxygen atoms in total. The van der Waals surface area contributed by atoms with Crippen LogP contribution in [0, 0.1) is 0 Å². The van der Waals surface area contributed by atoms with Crippen LogP contribution in [0.3, 0.4) is 0 Å². The summed E-state index contributed by atoms with van der Waals surface area (Å²) in [6, 6.07) is 0. The number of ether oxygens (including phenoxy) is 1. The van der Waals surface area contributed by atoms with Crippen molar-refractivity contribution in [2.75, 3.05) is 0 Å². The fourth-order valence-corrected chi connectivity index (χ4v) is 2.70. The minimum atomic E-state index is -0.573. The van der Waals surface area contributed by atoms with Crippen molar-refractivity contribution in [3.63, 3.8) is 0 Å². The standard InChI is InChI=1S/C16H24O3/c1-2-3-4-5-6-7-8-12-11-13-14(17)9-10-15(18)16(13)19-12/h7-8,12,15,18H,2-6,9-11H2,1H3/b8-7+/t12-,15+/m0/s1. The highest BCUT2D eigenvalue weighted by atomic mass is 16.5. The quantitative estimate of drug-likeness (QED) is 0.591. The van der Waals surface area contributed by atoms with Crippen LogP contribution >= 0.6 is 0 Å². The first-order valence-corrected chi connectivity index (χ1v) is 7.50. The lowest BCUT2D eigenvalue weighted by Gasteiger charge is -2.18. The molecule has 19 heavy (non-hydrogen) atoms. The average Bonchev–Trinajstić information content (AvgIpc) is 2.83. The van der Waals surface area contributed by atoms with Crippen LogP contribution in [0.4, 0.5) is 0 Å². The van der Waals surface area contributed by atoms with Crippen LogP contribution in [0.2, 0.25) is 0 Å². The zero-order valence-electron chi connectivity index (χ0n) is 11.7. The van der Waals surface area contributed by atoms with Crippen molar-refractivity contribution in [1.82, 2.24) is 0 Å². The molecule has 1 heterocycles. The Bertz CT molecular complexity index is 381. The Morgan fingerprint density at radius 3 is 2.95 bits per heavy atom. The number of rotatable bonds is 6. The third-order valence-electron chi connectivity index (χ3n) is 3.84. The van der Waals surface area contributed by atoms with Crippen molar-refractivity contribution in [3.05, 3.63) is 23.5 Å². The summed E-state index contributed by atoms with van der Waals surface area (Å²) in [7, 11) is 0. The van der Waals surface area contributed by atoms with E-state index in [0.29, 0.717) is 25.0 Å². The van der Waals surface area contributed by atoms with Crippen molar-refractivity contribution >= 4 is 5.78 Å². The monoisotopic (exact) mass is 264 g/mol. The van der Waals surface area contributed by atoms with Gasteiger partial charge in [0.1, 0.15) is 18.0 Å². The first kappa shape index (κ1) is 14.3. The second-order valence-corrected chi connectivity index (χ2v) is 5.46. The van der Waals surface area contributed by atoms with Crippen molar-refractivity contribution in [2.24, 2.45) is 0 Å². The topological polar surface area (TPSA) is 46.5 Å². The van der Waals surface area contributed by atoms with Crippen LogP contribution in [0.5, 0.6) is 0 Å². The third-order valence-corrected chi connectivity index (χ3v) is 3.84. The maximum Gasteiger partial charge on any atom is 0.162 e. The SMILES string of the molecule is CCCCCC/C=C/[C@H]1CC2=C(O1)[C@H](O)CCC2=O. The number of Topliss-reactive ketones (excluding diaryl/α,β-unsaturated/α-hetero) is 1. The highest BCUT2D eigenvalue weighted by Gasteiger charge is 2.35. The van der Waals surface area contributed by atoms with Gasteiger partial charge < -0.3 is 9.84 Å². The largest absolute Gasteiger partial charge is 0.487 e. The van der Waals surface area contributed by atoms with E-state index >= 15 is 0 Å². The van der Waals surface area contributed by atoms with Gasteiger partial charge in [-0.15, -0.1) is 0 Å². The molecule has 1 aliphatic carbocycles. The Labute approximate surface area is 115 Å². The zero-order valence-corrected chi connectivity index (χ0v) is 11.7. The van der Waals surface area contributed by atoms with E-state index in [1.165, 1.54) is 25.7 Å². The number of ketones is 1. The Morgan fingerprint density at radius 2 is 2.21 bits per heavy atom. The second-order valence-electron chi connectivity index (χ2n) is 5.46. The van der Waals surface area contributed by atoms with Gasteiger partial charge in [0, 0.05) is 18.4 Å². The lowest BCUT2D eigenvalue weighted by molar-refractivity contribution is -0.117. The van der Waals surface area contributed by atoms with E-state index < -0.39 is 6.10 Å². The van der Waals surface area contributed by atoms with Gasteiger partial charge in [-0.25, -0.2) is 0 Å². The predicted molar refractivity (Wildman–Crippen MR) is 74.7 cm³/mol. The molecule has 1 aliphatic heterocycles. The first-order chi connectivity index (χ1) is 9.22. The van der Waals surface area contributed by atoms with E-state index in [0.717, 1.165) is 12.0 Å². The fraction of sp³-hybridized carbons (Fsp3) is 0.688. The van der Waals surface area contributed by atoms with E-state index in [1.54, 1.807) is 0 Å². The second kappa shape index (κ2) is 6.90. The van der Waals surface area contributed by atoms with Crippen LogP contribution < -0.4 is 0 Å². The Hall–Kier alpha value is -1.09. The van der Waals surface area contributed by atoms with Crippen molar-refractivity contribution in [3.8, 4) is 0 Å². The summed E-state index contributed by atoms with van der Waals surface area (Å²) in [6.45, 7) is 2.21. The average molecular weight is 264 g/mol. The summed E-state index contributed by atoms with van der Waals surface area (Å²) in [5.74, 6) is 0.691. The van der Waals surface area contributed by atoms with Gasteiger partial charge in [0.15, 0.2) is 5.78 Å². The number of unbranched alkanes of at least 4 members (excludes halogenated alkanes) is 4. The normalized spacial score (nSPS) is 26.9. The van der Waals surface area contributed by atoms with Crippen molar-refractivity contribution < 1.29 is 14.6 Å². The van der Waals surface area contributed by atoms with Crippen LogP contribution in [-0.4, -0.2) is 23.1 Å². The summed E-state index contributed by atoms with van der Waals surface area (Å²) in [4.78, 5) is 11.7. The fourth-order valence-electron chi connectivity index (χ4n) is 2.70. The Morgan fingerprint density at radius 1 is 1.37 bits per heavy atom. The van der Waals surface area contributed by atoms with Crippen LogP contribution in [0.1, 0.15) is 58.3 Å². The number of hydrogen-bond donors (Lipinski definition) is 1. The van der Waals surface area contributed by atoms with E-state index in [2.05, 4.69) is 13.0 Å². The van der Waals surface area contributed by atoms with Gasteiger partial charge in [-0.2, -0.15) is 0 Å². The lowest BCUT2D eigenvalue weighted by atomic mass is 9.93. The van der Waals surface area contributed by atoms with Crippen molar-refractivity contribution in [2.45, 2.75) is 70.5 Å². The highest BCUT2D eigenvalue weighted by Crippen LogP contribution is 2.34. The van der Waals surface area contributed by atoms with E-state index in [1.807, 2.05) is 6.08 Å². The molecule has 0 radical (unpaired) electrons. The molecule has 0 aromatic heterocycles. The summed E-state index contributed by atoms with van der Waals surface area (Å²) in [6.07, 6.45) is 11.3. The maximum atomic E-state index is 11.7. The molecule has 2 atom stereocenters. The molecule has 0 fully saturated rings. The number of hydrogen-bond acceptors (Lipinski definition) is 3. The Kier molecular flexibility index (Phi) is 5.20. The summed E-state index contributed by atoms with van der Waals surface area (Å²) in [5, 5.41) is 9.82. The van der Waals surface area contributed by atoms with Crippen molar-refractivity contribution in [1.29, 1.82) is 0 Å².